The summed E-state index contributed by atoms with van der Waals surface area (Å²) in [5.74, 6) is -1.12. The summed E-state index contributed by atoms with van der Waals surface area (Å²) in [6.07, 6.45) is 8.58. The van der Waals surface area contributed by atoms with Crippen molar-refractivity contribution in [2.45, 2.75) is 90.8 Å². The van der Waals surface area contributed by atoms with E-state index >= 15 is 0 Å². The number of halogens is 1. The summed E-state index contributed by atoms with van der Waals surface area (Å²) in [5.41, 5.74) is 0. The summed E-state index contributed by atoms with van der Waals surface area (Å²) in [4.78, 5) is 12.0. The average Bonchev–Trinajstić information content (AvgIpc) is 2.48. The number of Topliss-reactive ketones (excluding diaryl/α,β-unsaturated/α-hetero) is 1. The van der Waals surface area contributed by atoms with Crippen LogP contribution in [0.5, 0.6) is 0 Å². The van der Waals surface area contributed by atoms with Crippen LogP contribution in [0.1, 0.15) is 85.0 Å². The Morgan fingerprint density at radius 1 is 1.05 bits per heavy atom. The highest BCUT2D eigenvalue weighted by Gasteiger charge is 2.31. The summed E-state index contributed by atoms with van der Waals surface area (Å²) < 4.78 is 1.17. The predicted molar refractivity (Wildman–Crippen MR) is 101 cm³/mol. The van der Waals surface area contributed by atoms with E-state index in [2.05, 4.69) is 22.6 Å². The van der Waals surface area contributed by atoms with Crippen LogP contribution in [0.15, 0.2) is 0 Å². The standard InChI is InChI=1S/C18H35IO3/c1-4-16(5-2)18(21,22)13-9-8-11-15(3)17(20)12-7-6-10-14-19/h15-16,21-22H,4-14H2,1-3H3. The Morgan fingerprint density at radius 3 is 2.23 bits per heavy atom. The molecule has 0 amide bonds. The summed E-state index contributed by atoms with van der Waals surface area (Å²) in [6.45, 7) is 6.00. The third kappa shape index (κ3) is 9.46. The lowest BCUT2D eigenvalue weighted by atomic mass is 9.88. The Kier molecular flexibility index (Phi) is 12.9. The maximum atomic E-state index is 12.0. The van der Waals surface area contributed by atoms with Crippen LogP contribution < -0.4 is 0 Å². The van der Waals surface area contributed by atoms with E-state index in [1.807, 2.05) is 20.8 Å². The van der Waals surface area contributed by atoms with E-state index in [1.165, 1.54) is 10.8 Å². The molecule has 4 heteroatoms. The largest absolute Gasteiger partial charge is 0.365 e. The molecular weight excluding hydrogens is 391 g/mol. The zero-order chi connectivity index (χ0) is 17.0. The number of carbonyl (C=O) groups is 1. The van der Waals surface area contributed by atoms with Crippen LogP contribution in [-0.4, -0.2) is 26.2 Å². The predicted octanol–water partition coefficient (Wildman–Crippen LogP) is 4.86. The summed E-state index contributed by atoms with van der Waals surface area (Å²) >= 11 is 2.37. The van der Waals surface area contributed by atoms with Gasteiger partial charge in [0.05, 0.1) is 0 Å². The van der Waals surface area contributed by atoms with Crippen molar-refractivity contribution in [1.82, 2.24) is 0 Å². The lowest BCUT2D eigenvalue weighted by Gasteiger charge is -2.30. The van der Waals surface area contributed by atoms with E-state index in [-0.39, 0.29) is 11.8 Å². The minimum atomic E-state index is -1.55. The maximum Gasteiger partial charge on any atom is 0.165 e. The number of hydrogen-bond acceptors (Lipinski definition) is 3. The molecule has 0 aromatic carbocycles. The number of alkyl halides is 1. The normalized spacial score (nSPS) is 13.6. The highest BCUT2D eigenvalue weighted by molar-refractivity contribution is 14.1. The molecule has 0 saturated carbocycles. The van der Waals surface area contributed by atoms with Crippen LogP contribution in [0, 0.1) is 11.8 Å². The van der Waals surface area contributed by atoms with Crippen molar-refractivity contribution in [1.29, 1.82) is 0 Å². The number of carbonyl (C=O) groups excluding carboxylic acids is 1. The highest BCUT2D eigenvalue weighted by atomic mass is 127. The number of aliphatic hydroxyl groups is 2. The van der Waals surface area contributed by atoms with Crippen molar-refractivity contribution in [2.24, 2.45) is 11.8 Å². The van der Waals surface area contributed by atoms with Gasteiger partial charge in [0.1, 0.15) is 5.78 Å². The molecule has 0 aromatic rings. The Bertz CT molecular complexity index is 288. The second-order valence-electron chi connectivity index (χ2n) is 6.50. The van der Waals surface area contributed by atoms with E-state index in [1.54, 1.807) is 0 Å². The summed E-state index contributed by atoms with van der Waals surface area (Å²) in [5, 5.41) is 20.2. The topological polar surface area (TPSA) is 57.5 Å². The fourth-order valence-corrected chi connectivity index (χ4v) is 3.50. The van der Waals surface area contributed by atoms with Gasteiger partial charge in [-0.05, 0) is 43.0 Å². The van der Waals surface area contributed by atoms with Gasteiger partial charge in [0.2, 0.25) is 0 Å². The van der Waals surface area contributed by atoms with Crippen molar-refractivity contribution >= 4 is 28.4 Å². The van der Waals surface area contributed by atoms with Crippen molar-refractivity contribution in [3.63, 3.8) is 0 Å². The molecule has 0 heterocycles. The minimum Gasteiger partial charge on any atom is -0.365 e. The molecule has 0 aromatic heterocycles. The van der Waals surface area contributed by atoms with Crippen LogP contribution in [0.25, 0.3) is 0 Å². The zero-order valence-corrected chi connectivity index (χ0v) is 16.8. The number of ketones is 1. The van der Waals surface area contributed by atoms with Gasteiger partial charge in [-0.3, -0.25) is 4.79 Å². The number of rotatable bonds is 14. The third-order valence-electron chi connectivity index (χ3n) is 4.68. The van der Waals surface area contributed by atoms with Gasteiger partial charge < -0.3 is 10.2 Å². The first-order valence-corrected chi connectivity index (χ1v) is 10.4. The molecular formula is C18H35IO3. The molecule has 3 nitrogen and oxygen atoms in total. The molecule has 22 heavy (non-hydrogen) atoms. The Balaban J connectivity index is 3.87. The monoisotopic (exact) mass is 426 g/mol. The van der Waals surface area contributed by atoms with E-state index in [0.717, 1.165) is 44.9 Å². The Morgan fingerprint density at radius 2 is 1.68 bits per heavy atom. The molecule has 0 spiro atoms. The molecule has 2 N–H and O–H groups in total. The van der Waals surface area contributed by atoms with Gasteiger partial charge in [-0.15, -0.1) is 0 Å². The Hall–Kier alpha value is 0.320. The molecule has 0 bridgehead atoms. The molecule has 1 atom stereocenters. The van der Waals surface area contributed by atoms with Crippen molar-refractivity contribution < 1.29 is 15.0 Å². The van der Waals surface area contributed by atoms with Gasteiger partial charge in [-0.25, -0.2) is 0 Å². The first-order valence-electron chi connectivity index (χ1n) is 8.92. The van der Waals surface area contributed by atoms with E-state index < -0.39 is 5.79 Å². The van der Waals surface area contributed by atoms with Gasteiger partial charge in [0.15, 0.2) is 5.79 Å². The summed E-state index contributed by atoms with van der Waals surface area (Å²) in [7, 11) is 0. The SMILES string of the molecule is CCC(CC)C(O)(O)CCCCC(C)C(=O)CCCCCI. The first kappa shape index (κ1) is 22.3. The third-order valence-corrected chi connectivity index (χ3v) is 5.44. The fraction of sp³-hybridized carbons (Fsp3) is 0.944. The number of unbranched alkanes of at least 4 members (excludes halogenated alkanes) is 3. The van der Waals surface area contributed by atoms with Crippen molar-refractivity contribution in [2.75, 3.05) is 4.43 Å². The van der Waals surface area contributed by atoms with Crippen LogP contribution in [-0.2, 0) is 4.79 Å². The minimum absolute atomic E-state index is 0.0514. The molecule has 0 rings (SSSR count). The quantitative estimate of drug-likeness (QED) is 0.180. The molecule has 0 saturated heterocycles. The lowest BCUT2D eigenvalue weighted by Crippen LogP contribution is -2.37. The molecule has 0 aliphatic heterocycles. The van der Waals surface area contributed by atoms with Gasteiger partial charge in [0.25, 0.3) is 0 Å². The second-order valence-corrected chi connectivity index (χ2v) is 7.58. The molecule has 0 aliphatic carbocycles. The van der Waals surface area contributed by atoms with Crippen LogP contribution in [0.3, 0.4) is 0 Å². The van der Waals surface area contributed by atoms with Crippen LogP contribution in [0.4, 0.5) is 0 Å². The van der Waals surface area contributed by atoms with Crippen molar-refractivity contribution in [3.8, 4) is 0 Å². The Labute approximate surface area is 150 Å². The van der Waals surface area contributed by atoms with Gasteiger partial charge >= 0.3 is 0 Å². The van der Waals surface area contributed by atoms with E-state index in [9.17, 15) is 15.0 Å². The highest BCUT2D eigenvalue weighted by Crippen LogP contribution is 2.27. The molecule has 132 valence electrons. The average molecular weight is 426 g/mol. The van der Waals surface area contributed by atoms with Gasteiger partial charge in [0, 0.05) is 24.7 Å². The van der Waals surface area contributed by atoms with Crippen LogP contribution >= 0.6 is 22.6 Å². The van der Waals surface area contributed by atoms with Gasteiger partial charge in [-0.2, -0.15) is 0 Å². The van der Waals surface area contributed by atoms with E-state index in [4.69, 9.17) is 0 Å². The van der Waals surface area contributed by atoms with Crippen molar-refractivity contribution in [3.05, 3.63) is 0 Å². The number of hydrogen-bond donors (Lipinski definition) is 2. The molecule has 0 aliphatic rings. The van der Waals surface area contributed by atoms with Crippen LogP contribution in [0.2, 0.25) is 0 Å². The zero-order valence-electron chi connectivity index (χ0n) is 14.6. The first-order chi connectivity index (χ1) is 10.4. The lowest BCUT2D eigenvalue weighted by molar-refractivity contribution is -0.206. The molecule has 0 fully saturated rings. The van der Waals surface area contributed by atoms with E-state index in [0.29, 0.717) is 18.6 Å². The smallest absolute Gasteiger partial charge is 0.165 e. The van der Waals surface area contributed by atoms with Gasteiger partial charge in [-0.1, -0.05) is 56.2 Å². The molecule has 1 unspecified atom stereocenters. The molecule has 0 radical (unpaired) electrons. The fourth-order valence-electron chi connectivity index (χ4n) is 2.96. The summed E-state index contributed by atoms with van der Waals surface area (Å²) in [6, 6.07) is 0. The maximum absolute atomic E-state index is 12.0. The second kappa shape index (κ2) is 12.7.